The van der Waals surface area contributed by atoms with E-state index in [2.05, 4.69) is 43.8 Å². The van der Waals surface area contributed by atoms with E-state index in [1.54, 1.807) is 6.20 Å². The standard InChI is InChI=1S/C11H15BrN4/c1-2-3-16-10(7-15-11(16)13)8-4-9(12)6-14-5-8/h4-6,10H,2-3,7H2,1H3,(H2,13,15). The molecule has 5 heteroatoms. The molecule has 2 heterocycles. The van der Waals surface area contributed by atoms with Crippen molar-refractivity contribution in [2.24, 2.45) is 10.7 Å². The maximum atomic E-state index is 5.87. The molecule has 0 saturated heterocycles. The van der Waals surface area contributed by atoms with Gasteiger partial charge in [-0.2, -0.15) is 0 Å². The van der Waals surface area contributed by atoms with Gasteiger partial charge in [-0.3, -0.25) is 9.98 Å². The predicted octanol–water partition coefficient (Wildman–Crippen LogP) is 1.93. The maximum absolute atomic E-state index is 5.87. The summed E-state index contributed by atoms with van der Waals surface area (Å²) in [6.07, 6.45) is 4.73. The Balaban J connectivity index is 2.22. The van der Waals surface area contributed by atoms with Gasteiger partial charge in [0.2, 0.25) is 0 Å². The van der Waals surface area contributed by atoms with Crippen molar-refractivity contribution in [1.82, 2.24) is 9.88 Å². The van der Waals surface area contributed by atoms with Crippen molar-refractivity contribution in [3.8, 4) is 0 Å². The third kappa shape index (κ3) is 2.19. The monoisotopic (exact) mass is 282 g/mol. The van der Waals surface area contributed by atoms with Crippen molar-refractivity contribution < 1.29 is 0 Å². The summed E-state index contributed by atoms with van der Waals surface area (Å²) in [7, 11) is 0. The van der Waals surface area contributed by atoms with E-state index in [1.165, 1.54) is 0 Å². The van der Waals surface area contributed by atoms with E-state index in [9.17, 15) is 0 Å². The molecule has 1 aliphatic rings. The lowest BCUT2D eigenvalue weighted by molar-refractivity contribution is 0.346. The zero-order valence-corrected chi connectivity index (χ0v) is 10.8. The molecule has 2 rings (SSSR count). The topological polar surface area (TPSA) is 54.5 Å². The van der Waals surface area contributed by atoms with Crippen molar-refractivity contribution in [3.05, 3.63) is 28.5 Å². The van der Waals surface area contributed by atoms with Gasteiger partial charge in [0.05, 0.1) is 12.6 Å². The number of pyridine rings is 1. The van der Waals surface area contributed by atoms with E-state index in [1.807, 2.05) is 6.20 Å². The van der Waals surface area contributed by atoms with Crippen LogP contribution < -0.4 is 5.73 Å². The Bertz CT molecular complexity index is 405. The molecule has 0 aliphatic carbocycles. The lowest BCUT2D eigenvalue weighted by Crippen LogP contribution is -2.36. The van der Waals surface area contributed by atoms with Crippen molar-refractivity contribution in [2.45, 2.75) is 19.4 Å². The predicted molar refractivity (Wildman–Crippen MR) is 68.2 cm³/mol. The second-order valence-electron chi connectivity index (χ2n) is 3.84. The second-order valence-corrected chi connectivity index (χ2v) is 4.76. The lowest BCUT2D eigenvalue weighted by atomic mass is 10.1. The van der Waals surface area contributed by atoms with Crippen molar-refractivity contribution in [2.75, 3.05) is 13.1 Å². The molecule has 0 spiro atoms. The first-order valence-corrected chi connectivity index (χ1v) is 6.18. The van der Waals surface area contributed by atoms with Crippen molar-refractivity contribution in [3.63, 3.8) is 0 Å². The van der Waals surface area contributed by atoms with Gasteiger partial charge < -0.3 is 10.6 Å². The Morgan fingerprint density at radius 1 is 1.56 bits per heavy atom. The molecular formula is C11H15BrN4. The molecule has 2 N–H and O–H groups in total. The van der Waals surface area contributed by atoms with Gasteiger partial charge in [-0.05, 0) is 34.0 Å². The minimum Gasteiger partial charge on any atom is -0.370 e. The van der Waals surface area contributed by atoms with Gasteiger partial charge in [0, 0.05) is 23.4 Å². The number of hydrogen-bond acceptors (Lipinski definition) is 4. The summed E-state index contributed by atoms with van der Waals surface area (Å²) >= 11 is 3.43. The number of guanidine groups is 1. The first-order chi connectivity index (χ1) is 7.72. The number of halogens is 1. The van der Waals surface area contributed by atoms with E-state index in [0.29, 0.717) is 5.96 Å². The van der Waals surface area contributed by atoms with Gasteiger partial charge in [-0.1, -0.05) is 6.92 Å². The molecule has 1 aromatic heterocycles. The van der Waals surface area contributed by atoms with E-state index < -0.39 is 0 Å². The summed E-state index contributed by atoms with van der Waals surface area (Å²) in [5.74, 6) is 0.645. The first-order valence-electron chi connectivity index (χ1n) is 5.39. The van der Waals surface area contributed by atoms with E-state index >= 15 is 0 Å². The van der Waals surface area contributed by atoms with Gasteiger partial charge in [0.25, 0.3) is 0 Å². The van der Waals surface area contributed by atoms with E-state index in [0.717, 1.165) is 29.5 Å². The maximum Gasteiger partial charge on any atom is 0.191 e. The molecule has 1 atom stereocenters. The third-order valence-corrected chi connectivity index (χ3v) is 3.11. The van der Waals surface area contributed by atoms with Crippen LogP contribution >= 0.6 is 15.9 Å². The highest BCUT2D eigenvalue weighted by molar-refractivity contribution is 9.10. The number of nitrogens with zero attached hydrogens (tertiary/aromatic N) is 3. The summed E-state index contributed by atoms with van der Waals surface area (Å²) in [4.78, 5) is 10.6. The molecule has 0 amide bonds. The summed E-state index contributed by atoms with van der Waals surface area (Å²) in [5, 5.41) is 0. The Hall–Kier alpha value is -1.10. The van der Waals surface area contributed by atoms with Crippen LogP contribution in [0.15, 0.2) is 27.9 Å². The molecule has 0 aromatic carbocycles. The Kier molecular flexibility index (Phi) is 3.43. The fraction of sp³-hybridized carbons (Fsp3) is 0.455. The Morgan fingerprint density at radius 2 is 2.38 bits per heavy atom. The molecule has 86 valence electrons. The largest absolute Gasteiger partial charge is 0.370 e. The number of aliphatic imine (C=N–C) groups is 1. The summed E-state index contributed by atoms with van der Waals surface area (Å²) in [6.45, 7) is 3.80. The molecule has 4 nitrogen and oxygen atoms in total. The summed E-state index contributed by atoms with van der Waals surface area (Å²) in [5.41, 5.74) is 7.03. The average molecular weight is 283 g/mol. The van der Waals surface area contributed by atoms with Crippen molar-refractivity contribution in [1.29, 1.82) is 0 Å². The quantitative estimate of drug-likeness (QED) is 0.922. The zero-order valence-electron chi connectivity index (χ0n) is 9.23. The van der Waals surface area contributed by atoms with Crippen LogP contribution in [-0.4, -0.2) is 28.9 Å². The summed E-state index contributed by atoms with van der Waals surface area (Å²) < 4.78 is 0.993. The minimum atomic E-state index is 0.241. The second kappa shape index (κ2) is 4.82. The molecule has 1 aromatic rings. The van der Waals surface area contributed by atoms with Gasteiger partial charge in [0.15, 0.2) is 5.96 Å². The van der Waals surface area contributed by atoms with Crippen LogP contribution in [0.25, 0.3) is 0 Å². The molecule has 1 unspecified atom stereocenters. The fourth-order valence-corrected chi connectivity index (χ4v) is 2.32. The SMILES string of the molecule is CCCN1C(N)=NCC1c1cncc(Br)c1. The Morgan fingerprint density at radius 3 is 3.06 bits per heavy atom. The molecule has 0 radical (unpaired) electrons. The number of aromatic nitrogens is 1. The fourth-order valence-electron chi connectivity index (χ4n) is 1.94. The third-order valence-electron chi connectivity index (χ3n) is 2.67. The minimum absolute atomic E-state index is 0.241. The Labute approximate surface area is 104 Å². The number of rotatable bonds is 3. The van der Waals surface area contributed by atoms with Gasteiger partial charge >= 0.3 is 0 Å². The number of hydrogen-bond donors (Lipinski definition) is 1. The highest BCUT2D eigenvalue weighted by Gasteiger charge is 2.26. The van der Waals surface area contributed by atoms with Crippen LogP contribution in [-0.2, 0) is 0 Å². The average Bonchev–Trinajstić information content (AvgIpc) is 2.61. The molecule has 0 fully saturated rings. The van der Waals surface area contributed by atoms with E-state index in [4.69, 9.17) is 5.73 Å². The van der Waals surface area contributed by atoms with E-state index in [-0.39, 0.29) is 6.04 Å². The highest BCUT2D eigenvalue weighted by Crippen LogP contribution is 2.26. The van der Waals surface area contributed by atoms with Crippen molar-refractivity contribution >= 4 is 21.9 Å². The highest BCUT2D eigenvalue weighted by atomic mass is 79.9. The van der Waals surface area contributed by atoms with Crippen LogP contribution in [0.3, 0.4) is 0 Å². The van der Waals surface area contributed by atoms with Gasteiger partial charge in [-0.15, -0.1) is 0 Å². The molecular weight excluding hydrogens is 268 g/mol. The number of nitrogens with two attached hydrogens (primary N) is 1. The molecule has 0 saturated carbocycles. The van der Waals surface area contributed by atoms with Crippen LogP contribution in [0.5, 0.6) is 0 Å². The first kappa shape index (κ1) is 11.4. The zero-order chi connectivity index (χ0) is 11.5. The molecule has 0 bridgehead atoms. The summed E-state index contributed by atoms with van der Waals surface area (Å²) in [6, 6.07) is 2.32. The van der Waals surface area contributed by atoms with Crippen LogP contribution in [0, 0.1) is 0 Å². The lowest BCUT2D eigenvalue weighted by Gasteiger charge is -2.25. The normalized spacial score (nSPS) is 20.0. The van der Waals surface area contributed by atoms with Crippen LogP contribution in [0.4, 0.5) is 0 Å². The van der Waals surface area contributed by atoms with Crippen LogP contribution in [0.2, 0.25) is 0 Å². The van der Waals surface area contributed by atoms with Crippen LogP contribution in [0.1, 0.15) is 24.9 Å². The molecule has 16 heavy (non-hydrogen) atoms. The van der Waals surface area contributed by atoms with Gasteiger partial charge in [0.1, 0.15) is 0 Å². The van der Waals surface area contributed by atoms with Gasteiger partial charge in [-0.25, -0.2) is 0 Å². The smallest absolute Gasteiger partial charge is 0.191 e. The molecule has 1 aliphatic heterocycles.